The lowest BCUT2D eigenvalue weighted by atomic mass is 10.1. The highest BCUT2D eigenvalue weighted by Crippen LogP contribution is 2.22. The lowest BCUT2D eigenvalue weighted by molar-refractivity contribution is 0.101. The van der Waals surface area contributed by atoms with Crippen molar-refractivity contribution in [3.8, 4) is 5.75 Å². The SMILES string of the molecule is Cc1cccc(OCC(O)c2cncn2Cc2ccccc2)c1C. The van der Waals surface area contributed by atoms with E-state index in [0.29, 0.717) is 6.54 Å². The Kier molecular flexibility index (Phi) is 4.96. The number of nitrogens with zero attached hydrogens (tertiary/aromatic N) is 2. The molecule has 4 nitrogen and oxygen atoms in total. The molecule has 1 heterocycles. The number of benzene rings is 2. The van der Waals surface area contributed by atoms with Gasteiger partial charge < -0.3 is 14.4 Å². The smallest absolute Gasteiger partial charge is 0.129 e. The molecule has 2 aromatic carbocycles. The van der Waals surface area contributed by atoms with Gasteiger partial charge in [-0.05, 0) is 36.6 Å². The number of hydrogen-bond acceptors (Lipinski definition) is 3. The number of aryl methyl sites for hydroxylation is 1. The summed E-state index contributed by atoms with van der Waals surface area (Å²) >= 11 is 0. The Bertz CT molecular complexity index is 796. The second kappa shape index (κ2) is 7.32. The minimum Gasteiger partial charge on any atom is -0.490 e. The molecule has 0 aliphatic carbocycles. The monoisotopic (exact) mass is 322 g/mol. The van der Waals surface area contributed by atoms with E-state index in [0.717, 1.165) is 17.0 Å². The molecule has 0 radical (unpaired) electrons. The summed E-state index contributed by atoms with van der Waals surface area (Å²) in [5.74, 6) is 0.808. The Morgan fingerprint density at radius 2 is 1.88 bits per heavy atom. The zero-order valence-corrected chi connectivity index (χ0v) is 14.0. The summed E-state index contributed by atoms with van der Waals surface area (Å²) in [6, 6.07) is 16.1. The van der Waals surface area contributed by atoms with Crippen LogP contribution in [0.25, 0.3) is 0 Å². The predicted molar refractivity (Wildman–Crippen MR) is 94.1 cm³/mol. The summed E-state index contributed by atoms with van der Waals surface area (Å²) in [4.78, 5) is 4.17. The molecule has 0 fully saturated rings. The highest BCUT2D eigenvalue weighted by molar-refractivity contribution is 5.38. The van der Waals surface area contributed by atoms with Crippen LogP contribution in [0.15, 0.2) is 61.1 Å². The zero-order chi connectivity index (χ0) is 16.9. The van der Waals surface area contributed by atoms with E-state index < -0.39 is 6.10 Å². The van der Waals surface area contributed by atoms with Crippen LogP contribution in [0.5, 0.6) is 5.75 Å². The Balaban J connectivity index is 1.69. The van der Waals surface area contributed by atoms with Gasteiger partial charge in [0.2, 0.25) is 0 Å². The van der Waals surface area contributed by atoms with Gasteiger partial charge in [-0.25, -0.2) is 4.98 Å². The van der Waals surface area contributed by atoms with E-state index in [1.807, 2.05) is 54.8 Å². The first-order chi connectivity index (χ1) is 11.6. The normalized spacial score (nSPS) is 12.1. The number of ether oxygens (including phenoxy) is 1. The Labute approximate surface area is 142 Å². The highest BCUT2D eigenvalue weighted by Gasteiger charge is 2.15. The molecule has 0 aliphatic rings. The van der Waals surface area contributed by atoms with E-state index in [-0.39, 0.29) is 6.61 Å². The average molecular weight is 322 g/mol. The Morgan fingerprint density at radius 3 is 2.67 bits per heavy atom. The molecule has 0 amide bonds. The maximum absolute atomic E-state index is 10.5. The van der Waals surface area contributed by atoms with Gasteiger partial charge in [0.05, 0.1) is 18.2 Å². The van der Waals surface area contributed by atoms with Gasteiger partial charge in [0.1, 0.15) is 18.5 Å². The first kappa shape index (κ1) is 16.3. The number of aromatic nitrogens is 2. The molecule has 24 heavy (non-hydrogen) atoms. The van der Waals surface area contributed by atoms with E-state index in [1.54, 1.807) is 12.5 Å². The van der Waals surface area contributed by atoms with Crippen molar-refractivity contribution in [2.24, 2.45) is 0 Å². The molecule has 0 saturated heterocycles. The van der Waals surface area contributed by atoms with Gasteiger partial charge in [0.15, 0.2) is 0 Å². The molecule has 3 rings (SSSR count). The standard InChI is InChI=1S/C20H22N2O2/c1-15-7-6-10-20(16(15)2)24-13-19(23)18-11-21-14-22(18)12-17-8-4-3-5-9-17/h3-11,14,19,23H,12-13H2,1-2H3. The molecular formula is C20H22N2O2. The molecule has 4 heteroatoms. The van der Waals surface area contributed by atoms with Gasteiger partial charge in [-0.2, -0.15) is 0 Å². The third-order valence-electron chi connectivity index (χ3n) is 4.23. The lowest BCUT2D eigenvalue weighted by Crippen LogP contribution is -2.15. The number of hydrogen-bond donors (Lipinski definition) is 1. The fourth-order valence-corrected chi connectivity index (χ4v) is 2.66. The van der Waals surface area contributed by atoms with Crippen LogP contribution in [0, 0.1) is 13.8 Å². The first-order valence-corrected chi connectivity index (χ1v) is 8.06. The summed E-state index contributed by atoms with van der Waals surface area (Å²) < 4.78 is 7.77. The minimum atomic E-state index is -0.726. The van der Waals surface area contributed by atoms with Crippen LogP contribution in [0.2, 0.25) is 0 Å². The van der Waals surface area contributed by atoms with Gasteiger partial charge in [0.25, 0.3) is 0 Å². The van der Waals surface area contributed by atoms with E-state index >= 15 is 0 Å². The minimum absolute atomic E-state index is 0.199. The van der Waals surface area contributed by atoms with Gasteiger partial charge >= 0.3 is 0 Å². The second-order valence-corrected chi connectivity index (χ2v) is 5.96. The number of rotatable bonds is 6. The molecule has 0 spiro atoms. The highest BCUT2D eigenvalue weighted by atomic mass is 16.5. The van der Waals surface area contributed by atoms with E-state index in [9.17, 15) is 5.11 Å². The third kappa shape index (κ3) is 3.66. The fraction of sp³-hybridized carbons (Fsp3) is 0.250. The molecule has 1 unspecified atom stereocenters. The van der Waals surface area contributed by atoms with Crippen LogP contribution in [0.3, 0.4) is 0 Å². The molecule has 1 aromatic heterocycles. The van der Waals surface area contributed by atoms with Crippen molar-refractivity contribution < 1.29 is 9.84 Å². The summed E-state index contributed by atoms with van der Waals surface area (Å²) in [6.07, 6.45) is 2.71. The van der Waals surface area contributed by atoms with E-state index in [1.165, 1.54) is 11.1 Å². The summed E-state index contributed by atoms with van der Waals surface area (Å²) in [5, 5.41) is 10.5. The third-order valence-corrected chi connectivity index (χ3v) is 4.23. The fourth-order valence-electron chi connectivity index (χ4n) is 2.66. The molecule has 124 valence electrons. The van der Waals surface area contributed by atoms with Gasteiger partial charge in [-0.3, -0.25) is 0 Å². The Morgan fingerprint density at radius 1 is 1.08 bits per heavy atom. The van der Waals surface area contributed by atoms with Crippen LogP contribution in [0.4, 0.5) is 0 Å². The topological polar surface area (TPSA) is 47.3 Å². The lowest BCUT2D eigenvalue weighted by Gasteiger charge is -2.16. The molecule has 3 aromatic rings. The van der Waals surface area contributed by atoms with Crippen LogP contribution in [-0.4, -0.2) is 21.3 Å². The van der Waals surface area contributed by atoms with Crippen molar-refractivity contribution in [2.75, 3.05) is 6.61 Å². The average Bonchev–Trinajstić information content (AvgIpc) is 3.05. The number of aliphatic hydroxyl groups is 1. The number of aliphatic hydroxyl groups excluding tert-OH is 1. The maximum atomic E-state index is 10.5. The van der Waals surface area contributed by atoms with Crippen molar-refractivity contribution in [1.82, 2.24) is 9.55 Å². The number of imidazole rings is 1. The molecular weight excluding hydrogens is 300 g/mol. The molecule has 0 saturated carbocycles. The van der Waals surface area contributed by atoms with E-state index in [2.05, 4.69) is 17.1 Å². The largest absolute Gasteiger partial charge is 0.490 e. The quantitative estimate of drug-likeness (QED) is 0.753. The van der Waals surface area contributed by atoms with Crippen molar-refractivity contribution in [3.63, 3.8) is 0 Å². The van der Waals surface area contributed by atoms with Crippen molar-refractivity contribution in [2.45, 2.75) is 26.5 Å². The molecule has 1 atom stereocenters. The van der Waals surface area contributed by atoms with Crippen LogP contribution in [-0.2, 0) is 6.54 Å². The van der Waals surface area contributed by atoms with Crippen LogP contribution in [0.1, 0.15) is 28.5 Å². The molecule has 0 bridgehead atoms. The zero-order valence-electron chi connectivity index (χ0n) is 14.0. The first-order valence-electron chi connectivity index (χ1n) is 8.06. The molecule has 1 N–H and O–H groups in total. The molecule has 0 aliphatic heterocycles. The van der Waals surface area contributed by atoms with Gasteiger partial charge in [0, 0.05) is 6.54 Å². The van der Waals surface area contributed by atoms with Gasteiger partial charge in [-0.1, -0.05) is 42.5 Å². The van der Waals surface area contributed by atoms with Crippen LogP contribution < -0.4 is 4.74 Å². The van der Waals surface area contributed by atoms with Crippen LogP contribution >= 0.6 is 0 Å². The predicted octanol–water partition coefficient (Wildman–Crippen LogP) is 3.66. The van der Waals surface area contributed by atoms with Crippen molar-refractivity contribution >= 4 is 0 Å². The van der Waals surface area contributed by atoms with Gasteiger partial charge in [-0.15, -0.1) is 0 Å². The Hall–Kier alpha value is -2.59. The summed E-state index contributed by atoms with van der Waals surface area (Å²) in [5.41, 5.74) is 4.20. The van der Waals surface area contributed by atoms with Crippen molar-refractivity contribution in [3.05, 3.63) is 83.4 Å². The summed E-state index contributed by atoms with van der Waals surface area (Å²) in [6.45, 7) is 4.95. The maximum Gasteiger partial charge on any atom is 0.129 e. The van der Waals surface area contributed by atoms with Crippen molar-refractivity contribution in [1.29, 1.82) is 0 Å². The summed E-state index contributed by atoms with van der Waals surface area (Å²) in [7, 11) is 0. The van der Waals surface area contributed by atoms with E-state index in [4.69, 9.17) is 4.74 Å². The second-order valence-electron chi connectivity index (χ2n) is 5.96.